The monoisotopic (exact) mass is 299 g/mol. The van der Waals surface area contributed by atoms with Crippen molar-refractivity contribution in [2.24, 2.45) is 0 Å². The van der Waals surface area contributed by atoms with E-state index in [4.69, 9.17) is 9.47 Å². The largest absolute Gasteiger partial charge is 0.475 e. The number of carbonyl (C=O) groups is 1. The molecule has 2 rings (SSSR count). The Morgan fingerprint density at radius 2 is 2.20 bits per heavy atom. The SMILES string of the molecule is CCOC(=O)[C@H]1CNc2cc(S(=O)(=O)CC)ccc2O1. The van der Waals surface area contributed by atoms with Crippen molar-refractivity contribution in [3.05, 3.63) is 18.2 Å². The molecule has 0 aliphatic carbocycles. The lowest BCUT2D eigenvalue weighted by atomic mass is 10.2. The van der Waals surface area contributed by atoms with Gasteiger partial charge in [0.15, 0.2) is 9.84 Å². The first-order valence-corrected chi connectivity index (χ1v) is 8.07. The molecule has 0 fully saturated rings. The highest BCUT2D eigenvalue weighted by molar-refractivity contribution is 7.91. The highest BCUT2D eigenvalue weighted by Gasteiger charge is 2.27. The molecule has 0 saturated carbocycles. The number of rotatable bonds is 4. The van der Waals surface area contributed by atoms with E-state index in [9.17, 15) is 13.2 Å². The molecule has 0 aromatic heterocycles. The number of fused-ring (bicyclic) bond motifs is 1. The third-order valence-corrected chi connectivity index (χ3v) is 4.72. The van der Waals surface area contributed by atoms with Gasteiger partial charge in [-0.05, 0) is 25.1 Å². The Kier molecular flexibility index (Phi) is 4.17. The second-order valence-electron chi connectivity index (χ2n) is 4.30. The molecule has 0 saturated heterocycles. The molecule has 6 nitrogen and oxygen atoms in total. The summed E-state index contributed by atoms with van der Waals surface area (Å²) >= 11 is 0. The minimum absolute atomic E-state index is 0.0398. The summed E-state index contributed by atoms with van der Waals surface area (Å²) in [6, 6.07) is 4.55. The number of nitrogens with one attached hydrogen (secondary N) is 1. The maximum Gasteiger partial charge on any atom is 0.349 e. The van der Waals surface area contributed by atoms with E-state index in [1.165, 1.54) is 12.1 Å². The number of sulfone groups is 1. The number of ether oxygens (including phenoxy) is 2. The van der Waals surface area contributed by atoms with Crippen LogP contribution in [0.1, 0.15) is 13.8 Å². The van der Waals surface area contributed by atoms with Crippen molar-refractivity contribution in [3.8, 4) is 5.75 Å². The van der Waals surface area contributed by atoms with Crippen LogP contribution in [0.5, 0.6) is 5.75 Å². The van der Waals surface area contributed by atoms with E-state index in [0.29, 0.717) is 18.0 Å². The molecule has 1 aliphatic heterocycles. The number of esters is 1. The molecule has 1 aliphatic rings. The predicted molar refractivity (Wildman–Crippen MR) is 73.7 cm³/mol. The summed E-state index contributed by atoms with van der Waals surface area (Å²) in [4.78, 5) is 11.8. The van der Waals surface area contributed by atoms with Crippen molar-refractivity contribution in [2.75, 3.05) is 24.2 Å². The van der Waals surface area contributed by atoms with Crippen LogP contribution >= 0.6 is 0 Å². The Bertz CT molecular complexity index is 611. The summed E-state index contributed by atoms with van der Waals surface area (Å²) in [5.41, 5.74) is 0.570. The Labute approximate surface area is 118 Å². The third-order valence-electron chi connectivity index (χ3n) is 2.99. The minimum atomic E-state index is -3.26. The fraction of sp³-hybridized carbons (Fsp3) is 0.462. The lowest BCUT2D eigenvalue weighted by Gasteiger charge is -2.26. The Morgan fingerprint density at radius 3 is 2.85 bits per heavy atom. The zero-order chi connectivity index (χ0) is 14.8. The van der Waals surface area contributed by atoms with E-state index in [0.717, 1.165) is 0 Å². The maximum absolute atomic E-state index is 11.8. The molecule has 0 bridgehead atoms. The summed E-state index contributed by atoms with van der Waals surface area (Å²) in [5.74, 6) is 0.0539. The van der Waals surface area contributed by atoms with Crippen LogP contribution in [0, 0.1) is 0 Å². The summed E-state index contributed by atoms with van der Waals surface area (Å²) in [7, 11) is -3.26. The van der Waals surface area contributed by atoms with Gasteiger partial charge < -0.3 is 14.8 Å². The van der Waals surface area contributed by atoms with E-state index >= 15 is 0 Å². The van der Waals surface area contributed by atoms with Gasteiger partial charge in [0.2, 0.25) is 6.10 Å². The van der Waals surface area contributed by atoms with Crippen LogP contribution in [0.3, 0.4) is 0 Å². The van der Waals surface area contributed by atoms with E-state index in [1.807, 2.05) is 0 Å². The topological polar surface area (TPSA) is 81.7 Å². The first kappa shape index (κ1) is 14.6. The van der Waals surface area contributed by atoms with E-state index < -0.39 is 21.9 Å². The number of carbonyl (C=O) groups excluding carboxylic acids is 1. The standard InChI is InChI=1S/C13H17NO5S/c1-3-18-13(15)12-8-14-10-7-9(20(16,17)4-2)5-6-11(10)19-12/h5-7,12,14H,3-4,8H2,1-2H3/t12-/m1/s1. The highest BCUT2D eigenvalue weighted by atomic mass is 32.2. The second kappa shape index (κ2) is 5.70. The summed E-state index contributed by atoms with van der Waals surface area (Å²) in [6.45, 7) is 3.86. The molecule has 1 aromatic rings. The summed E-state index contributed by atoms with van der Waals surface area (Å²) < 4.78 is 34.0. The normalized spacial score (nSPS) is 17.6. The maximum atomic E-state index is 11.8. The van der Waals surface area contributed by atoms with Crippen molar-refractivity contribution >= 4 is 21.5 Å². The number of anilines is 1. The van der Waals surface area contributed by atoms with Gasteiger partial charge >= 0.3 is 5.97 Å². The Morgan fingerprint density at radius 1 is 1.45 bits per heavy atom. The summed E-state index contributed by atoms with van der Waals surface area (Å²) in [5, 5.41) is 3.00. The van der Waals surface area contributed by atoms with Gasteiger partial charge in [-0.2, -0.15) is 0 Å². The Balaban J connectivity index is 2.22. The number of hydrogen-bond acceptors (Lipinski definition) is 6. The van der Waals surface area contributed by atoms with E-state index in [1.54, 1.807) is 19.9 Å². The van der Waals surface area contributed by atoms with Crippen LogP contribution in [0.25, 0.3) is 0 Å². The van der Waals surface area contributed by atoms with Gasteiger partial charge in [0, 0.05) is 0 Å². The molecule has 1 aromatic carbocycles. The molecule has 110 valence electrons. The van der Waals surface area contributed by atoms with Gasteiger partial charge in [-0.25, -0.2) is 13.2 Å². The van der Waals surface area contributed by atoms with E-state index in [-0.39, 0.29) is 17.2 Å². The van der Waals surface area contributed by atoms with Crippen LogP contribution in [0.4, 0.5) is 5.69 Å². The molecule has 1 N–H and O–H groups in total. The van der Waals surface area contributed by atoms with Crippen molar-refractivity contribution in [2.45, 2.75) is 24.8 Å². The fourth-order valence-electron chi connectivity index (χ4n) is 1.87. The van der Waals surface area contributed by atoms with Gasteiger partial charge in [-0.3, -0.25) is 0 Å². The zero-order valence-electron chi connectivity index (χ0n) is 11.4. The first-order chi connectivity index (χ1) is 9.47. The lowest BCUT2D eigenvalue weighted by Crippen LogP contribution is -2.39. The van der Waals surface area contributed by atoms with Crippen molar-refractivity contribution in [3.63, 3.8) is 0 Å². The summed E-state index contributed by atoms with van der Waals surface area (Å²) in [6.07, 6.45) is -0.712. The molecule has 0 spiro atoms. The van der Waals surface area contributed by atoms with Crippen LogP contribution in [-0.2, 0) is 19.4 Å². The predicted octanol–water partition coefficient (Wildman–Crippen LogP) is 1.22. The molecule has 1 heterocycles. The van der Waals surface area contributed by atoms with Crippen molar-refractivity contribution in [1.82, 2.24) is 0 Å². The minimum Gasteiger partial charge on any atom is -0.475 e. The number of hydrogen-bond donors (Lipinski definition) is 1. The molecule has 0 unspecified atom stereocenters. The Hall–Kier alpha value is -1.76. The van der Waals surface area contributed by atoms with Crippen molar-refractivity contribution in [1.29, 1.82) is 0 Å². The molecular weight excluding hydrogens is 282 g/mol. The first-order valence-electron chi connectivity index (χ1n) is 6.42. The molecule has 7 heteroatoms. The van der Waals surface area contributed by atoms with Crippen molar-refractivity contribution < 1.29 is 22.7 Å². The van der Waals surface area contributed by atoms with Gasteiger partial charge in [0.1, 0.15) is 5.75 Å². The van der Waals surface area contributed by atoms with Gasteiger partial charge in [0.25, 0.3) is 0 Å². The van der Waals surface area contributed by atoms with Crippen LogP contribution in [0.15, 0.2) is 23.1 Å². The van der Waals surface area contributed by atoms with Gasteiger partial charge in [-0.1, -0.05) is 6.92 Å². The van der Waals surface area contributed by atoms with Crippen LogP contribution in [-0.4, -0.2) is 39.4 Å². The van der Waals surface area contributed by atoms with E-state index in [2.05, 4.69) is 5.32 Å². The molecule has 0 radical (unpaired) electrons. The number of benzene rings is 1. The average Bonchev–Trinajstić information content (AvgIpc) is 2.46. The third kappa shape index (κ3) is 2.87. The fourth-order valence-corrected chi connectivity index (χ4v) is 2.78. The van der Waals surface area contributed by atoms with Gasteiger partial charge in [0.05, 0.1) is 29.5 Å². The van der Waals surface area contributed by atoms with Crippen LogP contribution in [0.2, 0.25) is 0 Å². The van der Waals surface area contributed by atoms with Crippen LogP contribution < -0.4 is 10.1 Å². The quantitative estimate of drug-likeness (QED) is 0.842. The lowest BCUT2D eigenvalue weighted by molar-refractivity contribution is -0.150. The molecule has 0 amide bonds. The highest BCUT2D eigenvalue weighted by Crippen LogP contribution is 2.31. The second-order valence-corrected chi connectivity index (χ2v) is 6.58. The molecule has 20 heavy (non-hydrogen) atoms. The smallest absolute Gasteiger partial charge is 0.349 e. The zero-order valence-corrected chi connectivity index (χ0v) is 12.2. The van der Waals surface area contributed by atoms with Gasteiger partial charge in [-0.15, -0.1) is 0 Å². The average molecular weight is 299 g/mol. The molecule has 1 atom stereocenters. The molecular formula is C13H17NO5S.